The number of fused-ring (bicyclic) bond motifs is 1. The SMILES string of the molecule is Cc1[nH]c2ccccc2c1Cc1n[nH]c(=S)n1-c1ccc(Br)cc1. The van der Waals surface area contributed by atoms with E-state index in [9.17, 15) is 0 Å². The van der Waals surface area contributed by atoms with Crippen LogP contribution in [0.15, 0.2) is 53.0 Å². The highest BCUT2D eigenvalue weighted by molar-refractivity contribution is 9.10. The Morgan fingerprint density at radius 2 is 1.88 bits per heavy atom. The molecule has 2 aromatic heterocycles. The number of para-hydroxylation sites is 1. The van der Waals surface area contributed by atoms with E-state index < -0.39 is 0 Å². The van der Waals surface area contributed by atoms with Gasteiger partial charge in [0.05, 0.1) is 0 Å². The standard InChI is InChI=1S/C18H15BrN4S/c1-11-15(14-4-2-3-5-16(14)20-11)10-17-21-22-18(24)23(17)13-8-6-12(19)7-9-13/h2-9,20H,10H2,1H3,(H,22,24). The fourth-order valence-corrected chi connectivity index (χ4v) is 3.55. The van der Waals surface area contributed by atoms with Gasteiger partial charge in [0, 0.05) is 33.2 Å². The Morgan fingerprint density at radius 1 is 1.12 bits per heavy atom. The second-order valence-electron chi connectivity index (χ2n) is 5.71. The molecule has 0 aliphatic heterocycles. The fourth-order valence-electron chi connectivity index (χ4n) is 3.03. The van der Waals surface area contributed by atoms with Crippen molar-refractivity contribution in [3.8, 4) is 5.69 Å². The number of rotatable bonds is 3. The van der Waals surface area contributed by atoms with E-state index in [0.717, 1.165) is 27.2 Å². The first kappa shape index (κ1) is 15.4. The van der Waals surface area contributed by atoms with E-state index in [0.29, 0.717) is 11.2 Å². The number of aryl methyl sites for hydroxylation is 1. The molecular weight excluding hydrogens is 384 g/mol. The molecule has 0 fully saturated rings. The average Bonchev–Trinajstić information content (AvgIpc) is 3.09. The maximum Gasteiger partial charge on any atom is 0.199 e. The van der Waals surface area contributed by atoms with Crippen LogP contribution < -0.4 is 0 Å². The van der Waals surface area contributed by atoms with Crippen LogP contribution in [0.3, 0.4) is 0 Å². The number of hydrogen-bond donors (Lipinski definition) is 2. The van der Waals surface area contributed by atoms with Gasteiger partial charge < -0.3 is 4.98 Å². The molecule has 0 amide bonds. The summed E-state index contributed by atoms with van der Waals surface area (Å²) in [4.78, 5) is 3.44. The highest BCUT2D eigenvalue weighted by Crippen LogP contribution is 2.25. The van der Waals surface area contributed by atoms with Gasteiger partial charge in [-0.05, 0) is 55.0 Å². The van der Waals surface area contributed by atoms with Crippen LogP contribution in [0.5, 0.6) is 0 Å². The Labute approximate surface area is 152 Å². The monoisotopic (exact) mass is 398 g/mol. The van der Waals surface area contributed by atoms with Gasteiger partial charge in [0.2, 0.25) is 0 Å². The molecule has 2 aromatic carbocycles. The molecule has 0 saturated heterocycles. The Bertz CT molecular complexity index is 1070. The number of H-pyrrole nitrogens is 2. The first-order chi connectivity index (χ1) is 11.6. The van der Waals surface area contributed by atoms with Crippen molar-refractivity contribution in [2.45, 2.75) is 13.3 Å². The van der Waals surface area contributed by atoms with Crippen molar-refractivity contribution in [1.82, 2.24) is 19.7 Å². The largest absolute Gasteiger partial charge is 0.358 e. The summed E-state index contributed by atoms with van der Waals surface area (Å²) in [5.74, 6) is 0.898. The molecule has 4 nitrogen and oxygen atoms in total. The van der Waals surface area contributed by atoms with Crippen molar-refractivity contribution >= 4 is 39.1 Å². The minimum atomic E-state index is 0.602. The van der Waals surface area contributed by atoms with Crippen LogP contribution in [0.4, 0.5) is 0 Å². The summed E-state index contributed by atoms with van der Waals surface area (Å²) < 4.78 is 3.63. The summed E-state index contributed by atoms with van der Waals surface area (Å²) in [7, 11) is 0. The van der Waals surface area contributed by atoms with Crippen LogP contribution in [0.1, 0.15) is 17.1 Å². The van der Waals surface area contributed by atoms with E-state index >= 15 is 0 Å². The second-order valence-corrected chi connectivity index (χ2v) is 7.01. The Morgan fingerprint density at radius 3 is 2.67 bits per heavy atom. The quantitative estimate of drug-likeness (QED) is 0.473. The van der Waals surface area contributed by atoms with Crippen molar-refractivity contribution in [2.24, 2.45) is 0 Å². The molecule has 0 atom stereocenters. The van der Waals surface area contributed by atoms with Crippen LogP contribution in [0.25, 0.3) is 16.6 Å². The topological polar surface area (TPSA) is 49.4 Å². The molecule has 0 bridgehead atoms. The van der Waals surface area contributed by atoms with E-state index in [1.807, 2.05) is 34.9 Å². The highest BCUT2D eigenvalue weighted by atomic mass is 79.9. The van der Waals surface area contributed by atoms with Gasteiger partial charge in [-0.25, -0.2) is 0 Å². The number of hydrogen-bond acceptors (Lipinski definition) is 2. The number of benzene rings is 2. The average molecular weight is 399 g/mol. The summed E-state index contributed by atoms with van der Waals surface area (Å²) in [6.07, 6.45) is 0.707. The van der Waals surface area contributed by atoms with Crippen LogP contribution >= 0.6 is 28.1 Å². The van der Waals surface area contributed by atoms with Crippen molar-refractivity contribution < 1.29 is 0 Å². The molecule has 0 spiro atoms. The third-order valence-corrected chi connectivity index (χ3v) is 4.99. The van der Waals surface area contributed by atoms with Crippen LogP contribution in [0.2, 0.25) is 0 Å². The first-order valence-corrected chi connectivity index (χ1v) is 8.82. The third-order valence-electron chi connectivity index (χ3n) is 4.19. The van der Waals surface area contributed by atoms with Crippen LogP contribution in [-0.4, -0.2) is 19.7 Å². The van der Waals surface area contributed by atoms with Crippen LogP contribution in [-0.2, 0) is 6.42 Å². The minimum absolute atomic E-state index is 0.602. The molecule has 4 rings (SSSR count). The number of aromatic nitrogens is 4. The molecule has 4 aromatic rings. The molecule has 120 valence electrons. The first-order valence-electron chi connectivity index (χ1n) is 7.62. The van der Waals surface area contributed by atoms with Gasteiger partial charge in [-0.3, -0.25) is 9.67 Å². The van der Waals surface area contributed by atoms with Crippen molar-refractivity contribution in [2.75, 3.05) is 0 Å². The highest BCUT2D eigenvalue weighted by Gasteiger charge is 2.14. The van der Waals surface area contributed by atoms with Crippen LogP contribution in [0, 0.1) is 11.7 Å². The summed E-state index contributed by atoms with van der Waals surface area (Å²) in [6.45, 7) is 2.10. The van der Waals surface area contributed by atoms with Crippen molar-refractivity contribution in [1.29, 1.82) is 0 Å². The molecule has 0 radical (unpaired) electrons. The van der Waals surface area contributed by atoms with Gasteiger partial charge in [-0.2, -0.15) is 5.10 Å². The molecule has 24 heavy (non-hydrogen) atoms. The predicted octanol–water partition coefficient (Wildman–Crippen LogP) is 5.07. The summed E-state index contributed by atoms with van der Waals surface area (Å²) in [6, 6.07) is 16.4. The summed E-state index contributed by atoms with van der Waals surface area (Å²) in [5.41, 5.74) is 4.56. The number of halogens is 1. The minimum Gasteiger partial charge on any atom is -0.358 e. The van der Waals surface area contributed by atoms with Gasteiger partial charge in [0.15, 0.2) is 4.77 Å². The lowest BCUT2D eigenvalue weighted by atomic mass is 10.1. The fraction of sp³-hybridized carbons (Fsp3) is 0.111. The molecule has 2 N–H and O–H groups in total. The molecule has 6 heteroatoms. The lowest BCUT2D eigenvalue weighted by molar-refractivity contribution is 0.900. The van der Waals surface area contributed by atoms with Gasteiger partial charge in [-0.1, -0.05) is 34.1 Å². The number of aromatic amines is 2. The smallest absolute Gasteiger partial charge is 0.199 e. The van der Waals surface area contributed by atoms with E-state index in [1.165, 1.54) is 10.9 Å². The summed E-state index contributed by atoms with van der Waals surface area (Å²) >= 11 is 8.91. The van der Waals surface area contributed by atoms with E-state index in [4.69, 9.17) is 12.2 Å². The number of nitrogens with one attached hydrogen (secondary N) is 2. The Balaban J connectivity index is 1.82. The lowest BCUT2D eigenvalue weighted by Gasteiger charge is -2.07. The third kappa shape index (κ3) is 2.61. The van der Waals surface area contributed by atoms with Gasteiger partial charge in [0.1, 0.15) is 5.82 Å². The molecule has 0 unspecified atom stereocenters. The molecule has 0 aliphatic rings. The van der Waals surface area contributed by atoms with Gasteiger partial charge in [0.25, 0.3) is 0 Å². The molecular formula is C18H15BrN4S. The van der Waals surface area contributed by atoms with Crippen molar-refractivity contribution in [3.63, 3.8) is 0 Å². The normalized spacial score (nSPS) is 11.2. The Hall–Kier alpha value is -2.18. The predicted molar refractivity (Wildman–Crippen MR) is 102 cm³/mol. The zero-order valence-electron chi connectivity index (χ0n) is 13.0. The summed E-state index contributed by atoms with van der Waals surface area (Å²) in [5, 5.41) is 8.61. The Kier molecular flexibility index (Phi) is 3.86. The van der Waals surface area contributed by atoms with Gasteiger partial charge >= 0.3 is 0 Å². The van der Waals surface area contributed by atoms with E-state index in [-0.39, 0.29) is 0 Å². The van der Waals surface area contributed by atoms with E-state index in [2.05, 4.69) is 56.2 Å². The maximum absolute atomic E-state index is 5.44. The zero-order valence-corrected chi connectivity index (χ0v) is 15.4. The van der Waals surface area contributed by atoms with Crippen molar-refractivity contribution in [3.05, 3.63) is 74.9 Å². The van der Waals surface area contributed by atoms with Gasteiger partial charge in [-0.15, -0.1) is 0 Å². The van der Waals surface area contributed by atoms with E-state index in [1.54, 1.807) is 0 Å². The lowest BCUT2D eigenvalue weighted by Crippen LogP contribution is -2.03. The molecule has 2 heterocycles. The molecule has 0 aliphatic carbocycles. The zero-order chi connectivity index (χ0) is 16.7. The number of nitrogens with zero attached hydrogens (tertiary/aromatic N) is 2. The molecule has 0 saturated carbocycles. The second kappa shape index (κ2) is 6.03. The maximum atomic E-state index is 5.44.